The molecule has 2 N–H and O–H groups in total. The van der Waals surface area contributed by atoms with Crippen molar-refractivity contribution in [1.29, 1.82) is 0 Å². The van der Waals surface area contributed by atoms with Gasteiger partial charge in [-0.15, -0.1) is 0 Å². The molecule has 2 heterocycles. The van der Waals surface area contributed by atoms with Gasteiger partial charge in [0.25, 0.3) is 0 Å². The minimum absolute atomic E-state index is 0.200. The fourth-order valence-corrected chi connectivity index (χ4v) is 3.42. The number of likely N-dealkylation sites (N-methyl/N-ethyl adjacent to an activating group) is 1. The molecule has 0 aromatic carbocycles. The van der Waals surface area contributed by atoms with Gasteiger partial charge in [0.2, 0.25) is 15.5 Å². The number of hydrogen-bond donors (Lipinski definition) is 2. The van der Waals surface area contributed by atoms with E-state index in [0.717, 1.165) is 25.8 Å². The molecule has 2 rings (SSSR count). The lowest BCUT2D eigenvalue weighted by Gasteiger charge is -2.32. The molecule has 1 aromatic heterocycles. The highest BCUT2D eigenvalue weighted by Gasteiger charge is 2.23. The van der Waals surface area contributed by atoms with Crippen molar-refractivity contribution in [3.8, 4) is 0 Å². The number of sulfonamides is 1. The largest absolute Gasteiger partial charge is 0.366 e. The molecule has 0 amide bonds. The molecule has 6 nitrogen and oxygen atoms in total. The summed E-state index contributed by atoms with van der Waals surface area (Å²) >= 11 is 0. The standard InChI is InChI=1S/C12H19N3O3S/c1-15-7-3-2-4-10(15)8-14-19(17,18)12-9-13-6-5-11(12)16/h5-6,9-10,14H,2-4,7-8H2,1H3,(H,13,16). The van der Waals surface area contributed by atoms with E-state index in [1.54, 1.807) is 0 Å². The van der Waals surface area contributed by atoms with Gasteiger partial charge in [0.15, 0.2) is 0 Å². The highest BCUT2D eigenvalue weighted by molar-refractivity contribution is 7.89. The van der Waals surface area contributed by atoms with Crippen molar-refractivity contribution in [2.45, 2.75) is 30.2 Å². The van der Waals surface area contributed by atoms with Crippen LogP contribution in [0.1, 0.15) is 19.3 Å². The van der Waals surface area contributed by atoms with Gasteiger partial charge < -0.3 is 9.88 Å². The number of nitrogens with one attached hydrogen (secondary N) is 2. The SMILES string of the molecule is CN1CCCCC1CNS(=O)(=O)c1c[nH]ccc1=O. The summed E-state index contributed by atoms with van der Waals surface area (Å²) in [6.07, 6.45) is 5.87. The molecule has 0 bridgehead atoms. The van der Waals surface area contributed by atoms with Gasteiger partial charge in [-0.3, -0.25) is 4.79 Å². The molecule has 1 aliphatic rings. The van der Waals surface area contributed by atoms with E-state index in [1.807, 2.05) is 7.05 Å². The predicted molar refractivity (Wildman–Crippen MR) is 72.5 cm³/mol. The Balaban J connectivity index is 2.06. The van der Waals surface area contributed by atoms with E-state index in [9.17, 15) is 13.2 Å². The minimum Gasteiger partial charge on any atom is -0.366 e. The van der Waals surface area contributed by atoms with Gasteiger partial charge in [-0.05, 0) is 26.4 Å². The van der Waals surface area contributed by atoms with Crippen LogP contribution in [-0.4, -0.2) is 44.5 Å². The summed E-state index contributed by atoms with van der Waals surface area (Å²) in [5.74, 6) is 0. The number of rotatable bonds is 4. The molecular weight excluding hydrogens is 266 g/mol. The molecule has 1 saturated heterocycles. The number of hydrogen-bond acceptors (Lipinski definition) is 4. The average Bonchev–Trinajstić information content (AvgIpc) is 2.38. The maximum atomic E-state index is 12.1. The van der Waals surface area contributed by atoms with Crippen LogP contribution in [0, 0.1) is 0 Å². The van der Waals surface area contributed by atoms with Crippen LogP contribution >= 0.6 is 0 Å². The van der Waals surface area contributed by atoms with Crippen LogP contribution in [-0.2, 0) is 10.0 Å². The summed E-state index contributed by atoms with van der Waals surface area (Å²) in [5.41, 5.74) is -0.497. The van der Waals surface area contributed by atoms with Gasteiger partial charge in [-0.1, -0.05) is 6.42 Å². The second-order valence-corrected chi connectivity index (χ2v) is 6.59. The lowest BCUT2D eigenvalue weighted by atomic mass is 10.0. The molecule has 1 unspecified atom stereocenters. The van der Waals surface area contributed by atoms with Gasteiger partial charge in [-0.2, -0.15) is 0 Å². The Kier molecular flexibility index (Phi) is 4.38. The summed E-state index contributed by atoms with van der Waals surface area (Å²) in [6.45, 7) is 1.32. The van der Waals surface area contributed by atoms with E-state index >= 15 is 0 Å². The van der Waals surface area contributed by atoms with E-state index < -0.39 is 15.5 Å². The first-order valence-electron chi connectivity index (χ1n) is 6.38. The summed E-state index contributed by atoms with van der Waals surface area (Å²) in [5, 5.41) is 0. The summed E-state index contributed by atoms with van der Waals surface area (Å²) in [6, 6.07) is 1.41. The average molecular weight is 285 g/mol. The summed E-state index contributed by atoms with van der Waals surface area (Å²) in [7, 11) is -1.74. The highest BCUT2D eigenvalue weighted by Crippen LogP contribution is 2.14. The Bertz CT molecular complexity index is 582. The molecule has 0 spiro atoms. The van der Waals surface area contributed by atoms with E-state index in [4.69, 9.17) is 0 Å². The van der Waals surface area contributed by atoms with E-state index in [2.05, 4.69) is 14.6 Å². The van der Waals surface area contributed by atoms with Crippen molar-refractivity contribution in [3.63, 3.8) is 0 Å². The smallest absolute Gasteiger partial charge is 0.245 e. The molecule has 0 saturated carbocycles. The second kappa shape index (κ2) is 5.85. The number of aromatic amines is 1. The molecule has 19 heavy (non-hydrogen) atoms. The third kappa shape index (κ3) is 3.43. The monoisotopic (exact) mass is 285 g/mol. The molecule has 1 aromatic rings. The van der Waals surface area contributed by atoms with Crippen LogP contribution in [0.25, 0.3) is 0 Å². The number of nitrogens with zero attached hydrogens (tertiary/aromatic N) is 1. The van der Waals surface area contributed by atoms with Gasteiger partial charge in [0.05, 0.1) is 0 Å². The van der Waals surface area contributed by atoms with E-state index in [1.165, 1.54) is 18.5 Å². The van der Waals surface area contributed by atoms with Gasteiger partial charge in [-0.25, -0.2) is 13.1 Å². The number of aromatic nitrogens is 1. The molecule has 106 valence electrons. The number of H-pyrrole nitrogens is 1. The van der Waals surface area contributed by atoms with Crippen LogP contribution in [0.2, 0.25) is 0 Å². The van der Waals surface area contributed by atoms with E-state index in [0.29, 0.717) is 6.54 Å². The summed E-state index contributed by atoms with van der Waals surface area (Å²) < 4.78 is 26.6. The van der Waals surface area contributed by atoms with Crippen LogP contribution in [0.15, 0.2) is 28.2 Å². The first-order chi connectivity index (χ1) is 9.00. The van der Waals surface area contributed by atoms with Crippen molar-refractivity contribution in [1.82, 2.24) is 14.6 Å². The van der Waals surface area contributed by atoms with Crippen molar-refractivity contribution in [2.24, 2.45) is 0 Å². The third-order valence-electron chi connectivity index (χ3n) is 3.51. The maximum Gasteiger partial charge on any atom is 0.245 e. The zero-order chi connectivity index (χ0) is 13.9. The number of piperidine rings is 1. The lowest BCUT2D eigenvalue weighted by Crippen LogP contribution is -2.45. The number of likely N-dealkylation sites (tertiary alicyclic amines) is 1. The van der Waals surface area contributed by atoms with Crippen molar-refractivity contribution in [2.75, 3.05) is 20.1 Å². The Labute approximate surface area is 112 Å². The molecule has 0 aliphatic carbocycles. The Morgan fingerprint density at radius 1 is 1.47 bits per heavy atom. The molecule has 7 heteroatoms. The van der Waals surface area contributed by atoms with E-state index in [-0.39, 0.29) is 10.9 Å². The molecule has 1 aliphatic heterocycles. The van der Waals surface area contributed by atoms with Crippen LogP contribution in [0.5, 0.6) is 0 Å². The van der Waals surface area contributed by atoms with Crippen LogP contribution < -0.4 is 10.2 Å². The minimum atomic E-state index is -3.73. The third-order valence-corrected chi connectivity index (χ3v) is 4.95. The van der Waals surface area contributed by atoms with Crippen molar-refractivity contribution >= 4 is 10.0 Å². The van der Waals surface area contributed by atoms with Gasteiger partial charge >= 0.3 is 0 Å². The van der Waals surface area contributed by atoms with Crippen LogP contribution in [0.3, 0.4) is 0 Å². The second-order valence-electron chi connectivity index (χ2n) is 4.85. The quantitative estimate of drug-likeness (QED) is 0.824. The fourth-order valence-electron chi connectivity index (χ4n) is 2.30. The first-order valence-corrected chi connectivity index (χ1v) is 7.86. The Morgan fingerprint density at radius 3 is 2.95 bits per heavy atom. The summed E-state index contributed by atoms with van der Waals surface area (Å²) in [4.78, 5) is 16.1. The zero-order valence-corrected chi connectivity index (χ0v) is 11.7. The molecule has 1 fully saturated rings. The highest BCUT2D eigenvalue weighted by atomic mass is 32.2. The van der Waals surface area contributed by atoms with Crippen LogP contribution in [0.4, 0.5) is 0 Å². The Morgan fingerprint density at radius 2 is 2.26 bits per heavy atom. The van der Waals surface area contributed by atoms with Gasteiger partial charge in [0, 0.05) is 31.0 Å². The maximum absolute atomic E-state index is 12.1. The lowest BCUT2D eigenvalue weighted by molar-refractivity contribution is 0.187. The van der Waals surface area contributed by atoms with Crippen molar-refractivity contribution < 1.29 is 8.42 Å². The predicted octanol–water partition coefficient (Wildman–Crippen LogP) is 0.137. The Hall–Kier alpha value is -1.18. The number of pyridine rings is 1. The fraction of sp³-hybridized carbons (Fsp3) is 0.583. The molecule has 0 radical (unpaired) electrons. The van der Waals surface area contributed by atoms with Gasteiger partial charge in [0.1, 0.15) is 4.90 Å². The topological polar surface area (TPSA) is 82.3 Å². The zero-order valence-electron chi connectivity index (χ0n) is 10.9. The molecule has 1 atom stereocenters. The molecular formula is C12H19N3O3S. The van der Waals surface area contributed by atoms with Crippen molar-refractivity contribution in [3.05, 3.63) is 28.7 Å². The normalized spacial score (nSPS) is 21.4. The first kappa shape index (κ1) is 14.2.